The SMILES string of the molecule is Cc1nc(CCN2C[C@](C)(c3ccccc3)CCC2=O)n[nH]1. The second-order valence-electron chi connectivity index (χ2n) is 6.33. The van der Waals surface area contributed by atoms with E-state index in [2.05, 4.69) is 46.4 Å². The monoisotopic (exact) mass is 298 g/mol. The molecule has 0 bridgehead atoms. The van der Waals surface area contributed by atoms with E-state index in [0.717, 1.165) is 24.6 Å². The van der Waals surface area contributed by atoms with Crippen molar-refractivity contribution in [1.29, 1.82) is 0 Å². The Labute approximate surface area is 130 Å². The zero-order valence-electron chi connectivity index (χ0n) is 13.2. The fraction of sp³-hybridized carbons (Fsp3) is 0.471. The molecule has 0 saturated carbocycles. The molecule has 5 heteroatoms. The van der Waals surface area contributed by atoms with E-state index in [1.807, 2.05) is 17.9 Å². The van der Waals surface area contributed by atoms with Gasteiger partial charge in [0.25, 0.3) is 0 Å². The van der Waals surface area contributed by atoms with Crippen LogP contribution >= 0.6 is 0 Å². The van der Waals surface area contributed by atoms with Crippen molar-refractivity contribution in [1.82, 2.24) is 20.1 Å². The molecule has 1 saturated heterocycles. The summed E-state index contributed by atoms with van der Waals surface area (Å²) in [5.41, 5.74) is 1.34. The van der Waals surface area contributed by atoms with Gasteiger partial charge in [0.2, 0.25) is 5.91 Å². The Balaban J connectivity index is 1.69. The number of nitrogens with one attached hydrogen (secondary N) is 1. The van der Waals surface area contributed by atoms with E-state index in [0.29, 0.717) is 19.4 Å². The molecule has 1 atom stereocenters. The molecule has 1 aromatic heterocycles. The number of nitrogens with zero attached hydrogens (tertiary/aromatic N) is 3. The first kappa shape index (κ1) is 14.8. The Morgan fingerprint density at radius 2 is 2.09 bits per heavy atom. The fourth-order valence-electron chi connectivity index (χ4n) is 3.15. The Morgan fingerprint density at radius 3 is 2.77 bits per heavy atom. The van der Waals surface area contributed by atoms with E-state index in [9.17, 15) is 4.79 Å². The van der Waals surface area contributed by atoms with Gasteiger partial charge in [0.1, 0.15) is 5.82 Å². The largest absolute Gasteiger partial charge is 0.341 e. The van der Waals surface area contributed by atoms with Crippen molar-refractivity contribution >= 4 is 5.91 Å². The van der Waals surface area contributed by atoms with Crippen LogP contribution in [0.15, 0.2) is 30.3 Å². The van der Waals surface area contributed by atoms with Gasteiger partial charge in [-0.15, -0.1) is 0 Å². The number of aryl methyl sites for hydroxylation is 1. The number of rotatable bonds is 4. The van der Waals surface area contributed by atoms with Crippen LogP contribution in [0.4, 0.5) is 0 Å². The molecule has 2 heterocycles. The molecule has 0 unspecified atom stereocenters. The van der Waals surface area contributed by atoms with Crippen LogP contribution in [0.5, 0.6) is 0 Å². The van der Waals surface area contributed by atoms with Gasteiger partial charge in [-0.3, -0.25) is 9.89 Å². The number of likely N-dealkylation sites (tertiary alicyclic amines) is 1. The van der Waals surface area contributed by atoms with Crippen LogP contribution in [-0.2, 0) is 16.6 Å². The van der Waals surface area contributed by atoms with Gasteiger partial charge < -0.3 is 4.90 Å². The number of hydrogen-bond acceptors (Lipinski definition) is 3. The molecule has 3 rings (SSSR count). The average Bonchev–Trinajstić information content (AvgIpc) is 2.95. The van der Waals surface area contributed by atoms with Gasteiger partial charge in [-0.05, 0) is 18.9 Å². The van der Waals surface area contributed by atoms with Crippen molar-refractivity contribution in [2.45, 2.75) is 38.5 Å². The highest BCUT2D eigenvalue weighted by Gasteiger charge is 2.35. The summed E-state index contributed by atoms with van der Waals surface area (Å²) in [6.07, 6.45) is 2.21. The van der Waals surface area contributed by atoms with Crippen molar-refractivity contribution in [2.75, 3.05) is 13.1 Å². The third-order valence-electron chi connectivity index (χ3n) is 4.50. The van der Waals surface area contributed by atoms with Crippen LogP contribution in [0.2, 0.25) is 0 Å². The quantitative estimate of drug-likeness (QED) is 0.941. The normalized spacial score (nSPS) is 22.1. The van der Waals surface area contributed by atoms with Gasteiger partial charge in [-0.2, -0.15) is 5.10 Å². The minimum absolute atomic E-state index is 0.0318. The molecule has 1 aliphatic heterocycles. The van der Waals surface area contributed by atoms with Crippen LogP contribution in [0.1, 0.15) is 37.0 Å². The highest BCUT2D eigenvalue weighted by Crippen LogP contribution is 2.33. The molecule has 1 fully saturated rings. The molecule has 116 valence electrons. The number of benzene rings is 1. The molecular weight excluding hydrogens is 276 g/mol. The molecule has 0 spiro atoms. The number of carbonyl (C=O) groups is 1. The maximum absolute atomic E-state index is 12.2. The highest BCUT2D eigenvalue weighted by molar-refractivity contribution is 5.77. The molecule has 5 nitrogen and oxygen atoms in total. The van der Waals surface area contributed by atoms with Crippen molar-refractivity contribution in [3.63, 3.8) is 0 Å². The molecule has 1 N–H and O–H groups in total. The molecular formula is C17H22N4O. The minimum atomic E-state index is 0.0318. The van der Waals surface area contributed by atoms with Crippen LogP contribution < -0.4 is 0 Å². The molecule has 1 amide bonds. The van der Waals surface area contributed by atoms with Crippen molar-refractivity contribution in [3.05, 3.63) is 47.5 Å². The van der Waals surface area contributed by atoms with E-state index in [1.54, 1.807) is 0 Å². The summed E-state index contributed by atoms with van der Waals surface area (Å²) in [7, 11) is 0. The van der Waals surface area contributed by atoms with E-state index in [1.165, 1.54) is 5.56 Å². The van der Waals surface area contributed by atoms with Crippen LogP contribution in [0.3, 0.4) is 0 Å². The minimum Gasteiger partial charge on any atom is -0.341 e. The van der Waals surface area contributed by atoms with Gasteiger partial charge in [0, 0.05) is 31.3 Å². The Kier molecular flexibility index (Phi) is 3.96. The van der Waals surface area contributed by atoms with Gasteiger partial charge in [0.15, 0.2) is 5.82 Å². The third kappa shape index (κ3) is 3.03. The maximum Gasteiger partial charge on any atom is 0.222 e. The number of hydrogen-bond donors (Lipinski definition) is 1. The molecule has 1 aliphatic rings. The fourth-order valence-corrected chi connectivity index (χ4v) is 3.15. The summed E-state index contributed by atoms with van der Waals surface area (Å²) < 4.78 is 0. The Morgan fingerprint density at radius 1 is 1.32 bits per heavy atom. The lowest BCUT2D eigenvalue weighted by atomic mass is 9.75. The van der Waals surface area contributed by atoms with E-state index < -0.39 is 0 Å². The second kappa shape index (κ2) is 5.91. The summed E-state index contributed by atoms with van der Waals surface area (Å²) in [6.45, 7) is 5.57. The van der Waals surface area contributed by atoms with Crippen molar-refractivity contribution < 1.29 is 4.79 Å². The standard InChI is InChI=1S/C17H22N4O/c1-13-18-15(20-19-13)9-11-21-12-17(2,10-8-16(21)22)14-6-4-3-5-7-14/h3-7H,8-12H2,1-2H3,(H,18,19,20)/t17-/m1/s1. The smallest absolute Gasteiger partial charge is 0.222 e. The van der Waals surface area contributed by atoms with Crippen molar-refractivity contribution in [2.24, 2.45) is 0 Å². The predicted molar refractivity (Wildman–Crippen MR) is 84.4 cm³/mol. The van der Waals surface area contributed by atoms with Crippen LogP contribution in [0, 0.1) is 6.92 Å². The Bertz CT molecular complexity index is 652. The Hall–Kier alpha value is -2.17. The second-order valence-corrected chi connectivity index (χ2v) is 6.33. The summed E-state index contributed by atoms with van der Waals surface area (Å²) in [5, 5.41) is 6.99. The predicted octanol–water partition coefficient (Wildman–Crippen LogP) is 2.24. The zero-order chi connectivity index (χ0) is 15.6. The third-order valence-corrected chi connectivity index (χ3v) is 4.50. The first-order valence-corrected chi connectivity index (χ1v) is 7.78. The lowest BCUT2D eigenvalue weighted by Gasteiger charge is -2.40. The van der Waals surface area contributed by atoms with Gasteiger partial charge in [-0.1, -0.05) is 37.3 Å². The zero-order valence-corrected chi connectivity index (χ0v) is 13.2. The number of aromatic nitrogens is 3. The van der Waals surface area contributed by atoms with E-state index >= 15 is 0 Å². The van der Waals surface area contributed by atoms with E-state index in [4.69, 9.17) is 0 Å². The average molecular weight is 298 g/mol. The van der Waals surface area contributed by atoms with E-state index in [-0.39, 0.29) is 11.3 Å². The van der Waals surface area contributed by atoms with Crippen LogP contribution in [-0.4, -0.2) is 39.1 Å². The summed E-state index contributed by atoms with van der Waals surface area (Å²) >= 11 is 0. The van der Waals surface area contributed by atoms with Gasteiger partial charge in [0.05, 0.1) is 0 Å². The molecule has 0 aliphatic carbocycles. The summed E-state index contributed by atoms with van der Waals surface area (Å²) in [4.78, 5) is 18.5. The topological polar surface area (TPSA) is 61.9 Å². The number of piperidine rings is 1. The first-order valence-electron chi connectivity index (χ1n) is 7.78. The van der Waals surface area contributed by atoms with Crippen molar-refractivity contribution in [3.8, 4) is 0 Å². The molecule has 0 radical (unpaired) electrons. The lowest BCUT2D eigenvalue weighted by molar-refractivity contribution is -0.135. The molecule has 1 aromatic carbocycles. The highest BCUT2D eigenvalue weighted by atomic mass is 16.2. The summed E-state index contributed by atoms with van der Waals surface area (Å²) in [5.74, 6) is 1.83. The van der Waals surface area contributed by atoms with Crippen LogP contribution in [0.25, 0.3) is 0 Å². The number of H-pyrrole nitrogens is 1. The number of amides is 1. The number of aromatic amines is 1. The van der Waals surface area contributed by atoms with Gasteiger partial charge in [-0.25, -0.2) is 4.98 Å². The number of carbonyl (C=O) groups excluding carboxylic acids is 1. The van der Waals surface area contributed by atoms with Gasteiger partial charge >= 0.3 is 0 Å². The molecule has 22 heavy (non-hydrogen) atoms. The molecule has 2 aromatic rings. The lowest BCUT2D eigenvalue weighted by Crippen LogP contribution is -2.48. The maximum atomic E-state index is 12.2. The first-order chi connectivity index (χ1) is 10.6. The summed E-state index contributed by atoms with van der Waals surface area (Å²) in [6, 6.07) is 10.5.